The van der Waals surface area contributed by atoms with Crippen LogP contribution in [0.15, 0.2) is 54.6 Å². The minimum Gasteiger partial charge on any atom is -0.340 e. The molecule has 0 aliphatic heterocycles. The van der Waals surface area contributed by atoms with Crippen molar-refractivity contribution >= 4 is 38.7 Å². The fraction of sp³-hybridized carbons (Fsp3) is 0.273. The lowest BCUT2D eigenvalue weighted by atomic mass is 10.2. The van der Waals surface area contributed by atoms with E-state index in [1.807, 2.05) is 47.4 Å². The molecule has 0 atom stereocenters. The number of anilines is 1. The molecule has 4 nitrogen and oxygen atoms in total. The third kappa shape index (κ3) is 5.02. The van der Waals surface area contributed by atoms with E-state index in [-0.39, 0.29) is 5.91 Å². The van der Waals surface area contributed by atoms with Crippen LogP contribution in [0.4, 0.5) is 5.13 Å². The van der Waals surface area contributed by atoms with Crippen LogP contribution in [0.2, 0.25) is 0 Å². The summed E-state index contributed by atoms with van der Waals surface area (Å²) in [5.74, 6) is -0.0238. The van der Waals surface area contributed by atoms with Crippen LogP contribution in [-0.4, -0.2) is 38.1 Å². The highest BCUT2D eigenvalue weighted by Crippen LogP contribution is 2.30. The number of carbonyl (C=O) groups excluding carboxylic acids is 1. The molecule has 1 amide bonds. The van der Waals surface area contributed by atoms with E-state index < -0.39 is 0 Å². The van der Waals surface area contributed by atoms with Crippen molar-refractivity contribution < 1.29 is 9.69 Å². The molecule has 1 N–H and O–H groups in total. The first-order valence-corrected chi connectivity index (χ1v) is 10.1. The number of amides is 1. The smallest absolute Gasteiger partial charge is 0.252 e. The number of rotatable bonds is 7. The van der Waals surface area contributed by atoms with Gasteiger partial charge in [0.2, 0.25) is 0 Å². The van der Waals surface area contributed by atoms with Gasteiger partial charge in [0.15, 0.2) is 5.13 Å². The van der Waals surface area contributed by atoms with Gasteiger partial charge in [0, 0.05) is 19.0 Å². The molecular weight excluding hydrogens is 354 g/mol. The first-order chi connectivity index (χ1) is 13.0. The molecule has 0 fully saturated rings. The zero-order chi connectivity index (χ0) is 19.2. The quantitative estimate of drug-likeness (QED) is 0.639. The van der Waals surface area contributed by atoms with Crippen molar-refractivity contribution in [2.45, 2.75) is 13.3 Å². The van der Waals surface area contributed by atoms with Gasteiger partial charge in [0.05, 0.1) is 30.9 Å². The van der Waals surface area contributed by atoms with E-state index in [9.17, 15) is 4.79 Å². The Bertz CT molecular complexity index is 931. The van der Waals surface area contributed by atoms with Crippen LogP contribution < -0.4 is 9.80 Å². The predicted molar refractivity (Wildman–Crippen MR) is 114 cm³/mol. The van der Waals surface area contributed by atoms with Gasteiger partial charge >= 0.3 is 0 Å². The molecule has 1 aromatic heterocycles. The van der Waals surface area contributed by atoms with Crippen molar-refractivity contribution in [2.75, 3.05) is 32.1 Å². The van der Waals surface area contributed by atoms with Gasteiger partial charge in [-0.3, -0.25) is 9.69 Å². The van der Waals surface area contributed by atoms with Crippen LogP contribution in [0.5, 0.6) is 0 Å². The molecule has 27 heavy (non-hydrogen) atoms. The van der Waals surface area contributed by atoms with E-state index >= 15 is 0 Å². The van der Waals surface area contributed by atoms with E-state index in [1.54, 1.807) is 17.4 Å². The molecule has 0 saturated heterocycles. The Hall–Kier alpha value is -2.50. The topological polar surface area (TPSA) is 37.6 Å². The number of hydrogen-bond acceptors (Lipinski definition) is 3. The summed E-state index contributed by atoms with van der Waals surface area (Å²) in [6.45, 7) is 3.74. The summed E-state index contributed by atoms with van der Waals surface area (Å²) in [5, 5.41) is 0.774. The Balaban J connectivity index is 1.86. The minimum absolute atomic E-state index is 0.0238. The monoisotopic (exact) mass is 380 g/mol. The number of para-hydroxylation sites is 1. The van der Waals surface area contributed by atoms with Gasteiger partial charge in [-0.15, -0.1) is 0 Å². The first-order valence-electron chi connectivity index (χ1n) is 9.24. The van der Waals surface area contributed by atoms with Crippen LogP contribution in [0.25, 0.3) is 16.3 Å². The molecular formula is C22H26N3OS+. The molecule has 0 spiro atoms. The highest BCUT2D eigenvalue weighted by molar-refractivity contribution is 7.22. The van der Waals surface area contributed by atoms with Gasteiger partial charge in [-0.25, -0.2) is 4.98 Å². The highest BCUT2D eigenvalue weighted by Gasteiger charge is 2.18. The lowest BCUT2D eigenvalue weighted by Crippen LogP contribution is -3.05. The maximum atomic E-state index is 13.0. The Labute approximate surface area is 164 Å². The largest absolute Gasteiger partial charge is 0.340 e. The zero-order valence-corrected chi connectivity index (χ0v) is 16.9. The second kappa shape index (κ2) is 8.93. The number of carbonyl (C=O) groups is 1. The highest BCUT2D eigenvalue weighted by atomic mass is 32.1. The number of thiazole rings is 1. The molecule has 0 aliphatic carbocycles. The fourth-order valence-corrected chi connectivity index (χ4v) is 3.98. The lowest BCUT2D eigenvalue weighted by Gasteiger charge is -2.18. The van der Waals surface area contributed by atoms with Crippen molar-refractivity contribution in [3.8, 4) is 0 Å². The maximum absolute atomic E-state index is 13.0. The van der Waals surface area contributed by atoms with Crippen LogP contribution in [0.3, 0.4) is 0 Å². The lowest BCUT2D eigenvalue weighted by molar-refractivity contribution is -0.858. The van der Waals surface area contributed by atoms with Crippen LogP contribution >= 0.6 is 11.3 Å². The number of benzene rings is 2. The summed E-state index contributed by atoms with van der Waals surface area (Å²) in [6.07, 6.45) is 4.45. The molecule has 140 valence electrons. The molecule has 1 heterocycles. The number of aryl methyl sites for hydroxylation is 1. The maximum Gasteiger partial charge on any atom is 0.252 e. The molecule has 2 aromatic carbocycles. The zero-order valence-electron chi connectivity index (χ0n) is 16.1. The van der Waals surface area contributed by atoms with Crippen LogP contribution in [-0.2, 0) is 4.79 Å². The summed E-state index contributed by atoms with van der Waals surface area (Å²) < 4.78 is 1.12. The SMILES string of the molecule is Cc1cccc2sc(N(CCC[NH+](C)C)C(=O)/C=C/c3ccccc3)nc12. The van der Waals surface area contributed by atoms with Crippen molar-refractivity contribution in [1.82, 2.24) is 4.98 Å². The number of aromatic nitrogens is 1. The second-order valence-electron chi connectivity index (χ2n) is 6.96. The van der Waals surface area contributed by atoms with E-state index in [0.717, 1.165) is 39.4 Å². The van der Waals surface area contributed by atoms with E-state index in [2.05, 4.69) is 33.2 Å². The Morgan fingerprint density at radius 2 is 1.93 bits per heavy atom. The number of fused-ring (bicyclic) bond motifs is 1. The number of nitrogens with one attached hydrogen (secondary N) is 1. The average molecular weight is 381 g/mol. The third-order valence-corrected chi connectivity index (χ3v) is 5.43. The minimum atomic E-state index is -0.0238. The summed E-state index contributed by atoms with van der Waals surface area (Å²) >= 11 is 1.58. The normalized spacial score (nSPS) is 11.6. The van der Waals surface area contributed by atoms with Gasteiger partial charge < -0.3 is 4.90 Å². The Morgan fingerprint density at radius 3 is 2.63 bits per heavy atom. The molecule has 0 saturated carbocycles. The third-order valence-electron chi connectivity index (χ3n) is 4.38. The second-order valence-corrected chi connectivity index (χ2v) is 7.97. The van der Waals surface area contributed by atoms with Crippen LogP contribution in [0.1, 0.15) is 17.5 Å². The van der Waals surface area contributed by atoms with E-state index in [4.69, 9.17) is 4.98 Å². The van der Waals surface area contributed by atoms with Crippen molar-refractivity contribution in [1.29, 1.82) is 0 Å². The van der Waals surface area contributed by atoms with Gasteiger partial charge in [-0.05, 0) is 30.2 Å². The number of quaternary nitrogens is 1. The fourth-order valence-electron chi connectivity index (χ4n) is 2.90. The van der Waals surface area contributed by atoms with Gasteiger partial charge in [0.1, 0.15) is 0 Å². The predicted octanol–water partition coefficient (Wildman–Crippen LogP) is 3.19. The van der Waals surface area contributed by atoms with Crippen molar-refractivity contribution in [3.05, 3.63) is 65.7 Å². The molecule has 3 aromatic rings. The standard InChI is InChI=1S/C22H25N3OS/c1-17-9-7-12-19-21(17)23-22(27-19)25(16-8-15-24(2)3)20(26)14-13-18-10-5-4-6-11-18/h4-7,9-14H,8,15-16H2,1-3H3/p+1/b14-13+. The molecule has 0 radical (unpaired) electrons. The Kier molecular flexibility index (Phi) is 6.37. The summed E-state index contributed by atoms with van der Waals surface area (Å²) in [4.78, 5) is 20.9. The van der Waals surface area contributed by atoms with Crippen molar-refractivity contribution in [2.24, 2.45) is 0 Å². The molecule has 3 rings (SSSR count). The van der Waals surface area contributed by atoms with Crippen molar-refractivity contribution in [3.63, 3.8) is 0 Å². The summed E-state index contributed by atoms with van der Waals surface area (Å²) in [5.41, 5.74) is 3.14. The van der Waals surface area contributed by atoms with Gasteiger partial charge in [-0.2, -0.15) is 0 Å². The molecule has 0 aliphatic rings. The summed E-state index contributed by atoms with van der Waals surface area (Å²) in [6, 6.07) is 16.1. The molecule has 5 heteroatoms. The van der Waals surface area contributed by atoms with Gasteiger partial charge in [0.25, 0.3) is 5.91 Å². The first kappa shape index (κ1) is 19.3. The summed E-state index contributed by atoms with van der Waals surface area (Å²) in [7, 11) is 4.25. The average Bonchev–Trinajstić information content (AvgIpc) is 3.09. The van der Waals surface area contributed by atoms with E-state index in [0.29, 0.717) is 6.54 Å². The Morgan fingerprint density at radius 1 is 1.15 bits per heavy atom. The molecule has 0 unspecified atom stereocenters. The molecule has 0 bridgehead atoms. The van der Waals surface area contributed by atoms with Gasteiger partial charge in [-0.1, -0.05) is 53.8 Å². The van der Waals surface area contributed by atoms with Crippen LogP contribution in [0, 0.1) is 6.92 Å². The van der Waals surface area contributed by atoms with E-state index in [1.165, 1.54) is 4.90 Å². The number of hydrogen-bond donors (Lipinski definition) is 1. The number of nitrogens with zero attached hydrogens (tertiary/aromatic N) is 2.